The maximum Gasteiger partial charge on any atom is 0.123 e. The lowest BCUT2D eigenvalue weighted by Crippen LogP contribution is -2.00. The van der Waals surface area contributed by atoms with E-state index in [0.29, 0.717) is 5.69 Å². The molecule has 1 aromatic carbocycles. The Morgan fingerprint density at radius 2 is 2.00 bits per heavy atom. The molecule has 2 N–H and O–H groups in total. The zero-order valence-corrected chi connectivity index (χ0v) is 8.44. The molecular formula is C11H12FN3. The van der Waals surface area contributed by atoms with Crippen LogP contribution in [0.4, 0.5) is 10.1 Å². The van der Waals surface area contributed by atoms with E-state index < -0.39 is 0 Å². The first kappa shape index (κ1) is 9.71. The molecule has 0 saturated heterocycles. The van der Waals surface area contributed by atoms with Crippen molar-refractivity contribution in [2.75, 3.05) is 5.73 Å². The third kappa shape index (κ3) is 1.70. The van der Waals surface area contributed by atoms with E-state index >= 15 is 0 Å². The predicted molar refractivity (Wildman–Crippen MR) is 57.7 cm³/mol. The van der Waals surface area contributed by atoms with E-state index in [9.17, 15) is 4.39 Å². The van der Waals surface area contributed by atoms with Gasteiger partial charge in [0.2, 0.25) is 0 Å². The van der Waals surface area contributed by atoms with Crippen LogP contribution in [0.15, 0.2) is 30.5 Å². The molecule has 0 unspecified atom stereocenters. The Kier molecular flexibility index (Phi) is 2.41. The number of benzene rings is 1. The van der Waals surface area contributed by atoms with Crippen molar-refractivity contribution in [2.45, 2.75) is 13.5 Å². The van der Waals surface area contributed by atoms with Gasteiger partial charge in [0, 0.05) is 12.1 Å². The van der Waals surface area contributed by atoms with E-state index in [2.05, 4.69) is 5.10 Å². The predicted octanol–water partition coefficient (Wildman–Crippen LogP) is 2.29. The summed E-state index contributed by atoms with van der Waals surface area (Å²) >= 11 is 0. The summed E-state index contributed by atoms with van der Waals surface area (Å²) in [5.74, 6) is -0.250. The Hall–Kier alpha value is -1.84. The summed E-state index contributed by atoms with van der Waals surface area (Å²) in [5.41, 5.74) is 8.15. The number of halogens is 1. The lowest BCUT2D eigenvalue weighted by molar-refractivity contribution is 0.627. The van der Waals surface area contributed by atoms with Crippen LogP contribution in [-0.2, 0) is 6.54 Å². The van der Waals surface area contributed by atoms with Crippen LogP contribution in [0.1, 0.15) is 6.92 Å². The lowest BCUT2D eigenvalue weighted by atomic mass is 10.1. The highest BCUT2D eigenvalue weighted by Gasteiger charge is 2.09. The van der Waals surface area contributed by atoms with Crippen molar-refractivity contribution in [1.29, 1.82) is 0 Å². The molecule has 2 rings (SSSR count). The fourth-order valence-corrected chi connectivity index (χ4v) is 1.56. The van der Waals surface area contributed by atoms with Gasteiger partial charge in [0.25, 0.3) is 0 Å². The Morgan fingerprint density at radius 3 is 2.60 bits per heavy atom. The summed E-state index contributed by atoms with van der Waals surface area (Å²) in [6.07, 6.45) is 1.61. The number of hydrogen-bond acceptors (Lipinski definition) is 2. The van der Waals surface area contributed by atoms with Gasteiger partial charge in [0.15, 0.2) is 0 Å². The van der Waals surface area contributed by atoms with Gasteiger partial charge in [-0.2, -0.15) is 5.10 Å². The number of nitrogens with zero attached hydrogens (tertiary/aromatic N) is 2. The number of aromatic nitrogens is 2. The van der Waals surface area contributed by atoms with Gasteiger partial charge < -0.3 is 5.73 Å². The maximum atomic E-state index is 12.8. The second-order valence-corrected chi connectivity index (χ2v) is 3.27. The highest BCUT2D eigenvalue weighted by molar-refractivity contribution is 5.72. The standard InChI is InChI=1S/C11H12FN3/c1-2-15-11(10(13)7-14-15)8-3-5-9(12)6-4-8/h3-7H,2,13H2,1H3. The molecule has 3 nitrogen and oxygen atoms in total. The zero-order valence-electron chi connectivity index (χ0n) is 8.44. The molecule has 0 aliphatic rings. The number of nitrogens with two attached hydrogens (primary N) is 1. The van der Waals surface area contributed by atoms with E-state index in [4.69, 9.17) is 5.73 Å². The molecule has 0 fully saturated rings. The minimum Gasteiger partial charge on any atom is -0.396 e. The SMILES string of the molecule is CCn1ncc(N)c1-c1ccc(F)cc1. The van der Waals surface area contributed by atoms with E-state index in [1.807, 2.05) is 6.92 Å². The summed E-state index contributed by atoms with van der Waals surface area (Å²) in [4.78, 5) is 0. The smallest absolute Gasteiger partial charge is 0.123 e. The normalized spacial score (nSPS) is 10.5. The lowest BCUT2D eigenvalue weighted by Gasteiger charge is -2.05. The molecule has 1 heterocycles. The minimum absolute atomic E-state index is 0.250. The van der Waals surface area contributed by atoms with Crippen LogP contribution < -0.4 is 5.73 Å². The van der Waals surface area contributed by atoms with E-state index in [1.165, 1.54) is 12.1 Å². The minimum atomic E-state index is -0.250. The Bertz CT molecular complexity index is 459. The largest absolute Gasteiger partial charge is 0.396 e. The highest BCUT2D eigenvalue weighted by atomic mass is 19.1. The molecule has 0 radical (unpaired) electrons. The van der Waals surface area contributed by atoms with Crippen molar-refractivity contribution in [3.05, 3.63) is 36.3 Å². The Balaban J connectivity index is 2.52. The molecular weight excluding hydrogens is 193 g/mol. The monoisotopic (exact) mass is 205 g/mol. The first-order valence-electron chi connectivity index (χ1n) is 4.79. The number of rotatable bonds is 2. The number of aryl methyl sites for hydroxylation is 1. The van der Waals surface area contributed by atoms with Gasteiger partial charge in [0.05, 0.1) is 17.6 Å². The van der Waals surface area contributed by atoms with Crippen LogP contribution in [0.3, 0.4) is 0 Å². The number of hydrogen-bond donors (Lipinski definition) is 1. The molecule has 2 aromatic rings. The van der Waals surface area contributed by atoms with Crippen LogP contribution in [0.5, 0.6) is 0 Å². The summed E-state index contributed by atoms with van der Waals surface area (Å²) in [6.45, 7) is 2.73. The van der Waals surface area contributed by atoms with Gasteiger partial charge in [-0.05, 0) is 31.2 Å². The molecule has 0 saturated carbocycles. The van der Waals surface area contributed by atoms with Gasteiger partial charge >= 0.3 is 0 Å². The number of anilines is 1. The van der Waals surface area contributed by atoms with Crippen molar-refractivity contribution in [1.82, 2.24) is 9.78 Å². The van der Waals surface area contributed by atoms with Crippen LogP contribution in [-0.4, -0.2) is 9.78 Å². The van der Waals surface area contributed by atoms with Crippen LogP contribution >= 0.6 is 0 Å². The Labute approximate surface area is 87.3 Å². The fourth-order valence-electron chi connectivity index (χ4n) is 1.56. The van der Waals surface area contributed by atoms with Gasteiger partial charge in [0.1, 0.15) is 5.82 Å². The molecule has 0 atom stereocenters. The van der Waals surface area contributed by atoms with E-state index in [1.54, 1.807) is 23.0 Å². The summed E-state index contributed by atoms with van der Waals surface area (Å²) < 4.78 is 14.6. The van der Waals surface area contributed by atoms with Gasteiger partial charge in [-0.15, -0.1) is 0 Å². The first-order chi connectivity index (χ1) is 7.22. The molecule has 0 amide bonds. The van der Waals surface area contributed by atoms with Crippen molar-refractivity contribution in [3.8, 4) is 11.3 Å². The molecule has 0 bridgehead atoms. The zero-order chi connectivity index (χ0) is 10.8. The third-order valence-corrected chi connectivity index (χ3v) is 2.28. The third-order valence-electron chi connectivity index (χ3n) is 2.28. The fraction of sp³-hybridized carbons (Fsp3) is 0.182. The van der Waals surface area contributed by atoms with Crippen LogP contribution in [0.25, 0.3) is 11.3 Å². The van der Waals surface area contributed by atoms with Gasteiger partial charge in [-0.3, -0.25) is 4.68 Å². The molecule has 1 aromatic heterocycles. The topological polar surface area (TPSA) is 43.8 Å². The molecule has 15 heavy (non-hydrogen) atoms. The van der Waals surface area contributed by atoms with E-state index in [-0.39, 0.29) is 5.82 Å². The average Bonchev–Trinajstić information content (AvgIpc) is 2.61. The second-order valence-electron chi connectivity index (χ2n) is 3.27. The van der Waals surface area contributed by atoms with Crippen molar-refractivity contribution in [2.24, 2.45) is 0 Å². The number of nitrogen functional groups attached to an aromatic ring is 1. The summed E-state index contributed by atoms with van der Waals surface area (Å²) in [7, 11) is 0. The molecule has 78 valence electrons. The first-order valence-corrected chi connectivity index (χ1v) is 4.79. The molecule has 4 heteroatoms. The maximum absolute atomic E-state index is 12.8. The average molecular weight is 205 g/mol. The quantitative estimate of drug-likeness (QED) is 0.817. The summed E-state index contributed by atoms with van der Waals surface area (Å²) in [6, 6.07) is 6.24. The van der Waals surface area contributed by atoms with Crippen molar-refractivity contribution < 1.29 is 4.39 Å². The second kappa shape index (κ2) is 3.73. The van der Waals surface area contributed by atoms with Crippen molar-refractivity contribution in [3.63, 3.8) is 0 Å². The van der Waals surface area contributed by atoms with Crippen LogP contribution in [0, 0.1) is 5.82 Å². The molecule has 0 spiro atoms. The Morgan fingerprint density at radius 1 is 1.33 bits per heavy atom. The molecule has 0 aliphatic carbocycles. The van der Waals surface area contributed by atoms with Gasteiger partial charge in [-0.25, -0.2) is 4.39 Å². The van der Waals surface area contributed by atoms with Crippen molar-refractivity contribution >= 4 is 5.69 Å². The summed E-state index contributed by atoms with van der Waals surface area (Å²) in [5, 5.41) is 4.13. The van der Waals surface area contributed by atoms with Crippen LogP contribution in [0.2, 0.25) is 0 Å². The molecule has 0 aliphatic heterocycles. The highest BCUT2D eigenvalue weighted by Crippen LogP contribution is 2.25. The van der Waals surface area contributed by atoms with E-state index in [0.717, 1.165) is 17.8 Å². The van der Waals surface area contributed by atoms with Gasteiger partial charge in [-0.1, -0.05) is 0 Å².